The molecule has 0 saturated heterocycles. The molecule has 2 aromatic heterocycles. The summed E-state index contributed by atoms with van der Waals surface area (Å²) in [6.07, 6.45) is 1.75. The fraction of sp³-hybridized carbons (Fsp3) is 0.300. The van der Waals surface area contributed by atoms with Crippen molar-refractivity contribution in [2.75, 3.05) is 11.9 Å². The van der Waals surface area contributed by atoms with Gasteiger partial charge in [-0.05, 0) is 44.0 Å². The number of nitrogens with one attached hydrogen (secondary N) is 1. The number of benzene rings is 1. The van der Waals surface area contributed by atoms with Crippen LogP contribution in [-0.2, 0) is 22.7 Å². The fourth-order valence-electron chi connectivity index (χ4n) is 2.52. The van der Waals surface area contributed by atoms with Crippen molar-refractivity contribution in [3.63, 3.8) is 0 Å². The van der Waals surface area contributed by atoms with Gasteiger partial charge >= 0.3 is 5.97 Å². The quantitative estimate of drug-likeness (QED) is 0.568. The van der Waals surface area contributed by atoms with E-state index in [-0.39, 0.29) is 30.7 Å². The van der Waals surface area contributed by atoms with Gasteiger partial charge in [-0.15, -0.1) is 11.3 Å². The summed E-state index contributed by atoms with van der Waals surface area (Å²) in [5.74, 6) is 0.0502. The lowest BCUT2D eigenvalue weighted by atomic mass is 10.1. The number of thiazole rings is 1. The van der Waals surface area contributed by atoms with E-state index in [1.165, 1.54) is 11.3 Å². The van der Waals surface area contributed by atoms with Crippen LogP contribution in [0.3, 0.4) is 0 Å². The Labute approximate surface area is 172 Å². The Hall–Kier alpha value is -3.20. The number of nitrogens with zero attached hydrogens (tertiary/aromatic N) is 3. The molecule has 1 N–H and O–H groups in total. The van der Waals surface area contributed by atoms with E-state index in [1.54, 1.807) is 29.2 Å². The lowest BCUT2D eigenvalue weighted by Crippen LogP contribution is -2.14. The molecule has 8 nitrogen and oxygen atoms in total. The molecule has 29 heavy (non-hydrogen) atoms. The van der Waals surface area contributed by atoms with Gasteiger partial charge in [0.15, 0.2) is 17.6 Å². The van der Waals surface area contributed by atoms with Crippen LogP contribution < -0.4 is 10.1 Å². The van der Waals surface area contributed by atoms with E-state index in [4.69, 9.17) is 9.47 Å². The number of hydrogen-bond acceptors (Lipinski definition) is 7. The van der Waals surface area contributed by atoms with Gasteiger partial charge in [0.1, 0.15) is 5.75 Å². The Balaban J connectivity index is 1.56. The number of esters is 1. The van der Waals surface area contributed by atoms with Crippen LogP contribution in [0.25, 0.3) is 0 Å². The molecule has 0 bridgehead atoms. The molecular formula is C20H22N4O4S. The minimum Gasteiger partial charge on any atom is -0.471 e. The van der Waals surface area contributed by atoms with Crippen molar-refractivity contribution in [2.45, 2.75) is 33.9 Å². The third-order valence-electron chi connectivity index (χ3n) is 3.97. The van der Waals surface area contributed by atoms with Crippen molar-refractivity contribution in [1.29, 1.82) is 0 Å². The summed E-state index contributed by atoms with van der Waals surface area (Å²) in [4.78, 5) is 28.1. The van der Waals surface area contributed by atoms with Crippen molar-refractivity contribution < 1.29 is 19.1 Å². The monoisotopic (exact) mass is 414 g/mol. The van der Waals surface area contributed by atoms with Gasteiger partial charge in [-0.1, -0.05) is 12.1 Å². The second-order valence-electron chi connectivity index (χ2n) is 6.36. The summed E-state index contributed by atoms with van der Waals surface area (Å²) in [6.45, 7) is 6.23. The van der Waals surface area contributed by atoms with Crippen molar-refractivity contribution in [3.05, 3.63) is 58.4 Å². The van der Waals surface area contributed by atoms with Crippen LogP contribution >= 0.6 is 11.3 Å². The second-order valence-corrected chi connectivity index (χ2v) is 7.22. The molecule has 1 amide bonds. The van der Waals surface area contributed by atoms with Crippen molar-refractivity contribution in [3.8, 4) is 5.75 Å². The zero-order chi connectivity index (χ0) is 20.8. The maximum absolute atomic E-state index is 12.4. The van der Waals surface area contributed by atoms with Gasteiger partial charge in [-0.3, -0.25) is 14.9 Å². The van der Waals surface area contributed by atoms with Crippen LogP contribution in [0.2, 0.25) is 0 Å². The predicted molar refractivity (Wildman–Crippen MR) is 109 cm³/mol. The lowest BCUT2D eigenvalue weighted by Gasteiger charge is -2.09. The van der Waals surface area contributed by atoms with Crippen molar-refractivity contribution in [2.24, 2.45) is 0 Å². The van der Waals surface area contributed by atoms with Gasteiger partial charge in [0, 0.05) is 11.6 Å². The first kappa shape index (κ1) is 20.5. The Morgan fingerprint density at radius 2 is 2.07 bits per heavy atom. The molecule has 0 saturated carbocycles. The number of aryl methyl sites for hydroxylation is 2. The number of aromatic nitrogens is 3. The summed E-state index contributed by atoms with van der Waals surface area (Å²) in [6, 6.07) is 7.59. The SMILES string of the molecule is CCOC(=O)Cc1csc(NC(=O)c2ccn(COc3cc(C)ccc3C)n2)n1. The Kier molecular flexibility index (Phi) is 6.61. The molecule has 0 atom stereocenters. The van der Waals surface area contributed by atoms with Gasteiger partial charge in [-0.2, -0.15) is 5.10 Å². The van der Waals surface area contributed by atoms with Crippen molar-refractivity contribution >= 4 is 28.3 Å². The number of amides is 1. The van der Waals surface area contributed by atoms with Crippen LogP contribution in [0.5, 0.6) is 5.75 Å². The van der Waals surface area contributed by atoms with E-state index in [0.29, 0.717) is 17.4 Å². The molecule has 2 heterocycles. The molecule has 0 fully saturated rings. The van der Waals surface area contributed by atoms with E-state index < -0.39 is 0 Å². The van der Waals surface area contributed by atoms with Crippen LogP contribution in [0.1, 0.15) is 34.2 Å². The molecule has 9 heteroatoms. The number of anilines is 1. The largest absolute Gasteiger partial charge is 0.471 e. The molecule has 0 spiro atoms. The molecule has 0 aliphatic rings. The molecule has 0 aliphatic heterocycles. The highest BCUT2D eigenvalue weighted by Gasteiger charge is 2.14. The Morgan fingerprint density at radius 3 is 2.86 bits per heavy atom. The maximum atomic E-state index is 12.4. The van der Waals surface area contributed by atoms with Crippen molar-refractivity contribution in [1.82, 2.24) is 14.8 Å². The molecular weight excluding hydrogens is 392 g/mol. The van der Waals surface area contributed by atoms with Gasteiger partial charge in [0.2, 0.25) is 0 Å². The molecule has 152 valence electrons. The molecule has 1 aromatic carbocycles. The average Bonchev–Trinajstić information content (AvgIpc) is 3.32. The Bertz CT molecular complexity index is 1010. The van der Waals surface area contributed by atoms with Gasteiger partial charge < -0.3 is 9.47 Å². The maximum Gasteiger partial charge on any atom is 0.311 e. The van der Waals surface area contributed by atoms with Crippen LogP contribution in [0, 0.1) is 13.8 Å². The number of ether oxygens (including phenoxy) is 2. The van der Waals surface area contributed by atoms with Gasteiger partial charge in [-0.25, -0.2) is 9.67 Å². The first-order valence-corrected chi connectivity index (χ1v) is 9.97. The molecule has 3 aromatic rings. The van der Waals surface area contributed by atoms with E-state index in [1.807, 2.05) is 32.0 Å². The number of hydrogen-bond donors (Lipinski definition) is 1. The number of rotatable bonds is 8. The van der Waals surface area contributed by atoms with Crippen LogP contribution in [-0.4, -0.2) is 33.2 Å². The molecule has 0 radical (unpaired) electrons. The highest BCUT2D eigenvalue weighted by atomic mass is 32.1. The van der Waals surface area contributed by atoms with Crippen LogP contribution in [0.4, 0.5) is 5.13 Å². The van der Waals surface area contributed by atoms with E-state index in [9.17, 15) is 9.59 Å². The highest BCUT2D eigenvalue weighted by Crippen LogP contribution is 2.20. The minimum absolute atomic E-state index is 0.0740. The topological polar surface area (TPSA) is 95.3 Å². The van der Waals surface area contributed by atoms with E-state index >= 15 is 0 Å². The summed E-state index contributed by atoms with van der Waals surface area (Å²) >= 11 is 1.24. The average molecular weight is 414 g/mol. The van der Waals surface area contributed by atoms with Crippen LogP contribution in [0.15, 0.2) is 35.8 Å². The minimum atomic E-state index is -0.382. The lowest BCUT2D eigenvalue weighted by molar-refractivity contribution is -0.142. The predicted octanol–water partition coefficient (Wildman–Crippen LogP) is 3.35. The summed E-state index contributed by atoms with van der Waals surface area (Å²) in [7, 11) is 0. The summed E-state index contributed by atoms with van der Waals surface area (Å²) in [5, 5.41) is 9.03. The highest BCUT2D eigenvalue weighted by molar-refractivity contribution is 7.14. The third-order valence-corrected chi connectivity index (χ3v) is 4.78. The standard InChI is InChI=1S/C20H22N4O4S/c1-4-27-18(25)10-15-11-29-20(21-15)22-19(26)16-7-8-24(23-16)12-28-17-9-13(2)5-6-14(17)3/h5-9,11H,4,10,12H2,1-3H3,(H,21,22,26). The third kappa shape index (κ3) is 5.64. The zero-order valence-corrected chi connectivity index (χ0v) is 17.3. The first-order chi connectivity index (χ1) is 13.9. The van der Waals surface area contributed by atoms with E-state index in [2.05, 4.69) is 15.4 Å². The number of carbonyl (C=O) groups excluding carboxylic acids is 2. The van der Waals surface area contributed by atoms with Gasteiger partial charge in [0.05, 0.1) is 18.7 Å². The Morgan fingerprint density at radius 1 is 1.24 bits per heavy atom. The van der Waals surface area contributed by atoms with E-state index in [0.717, 1.165) is 16.9 Å². The second kappa shape index (κ2) is 9.33. The zero-order valence-electron chi connectivity index (χ0n) is 16.5. The summed E-state index contributed by atoms with van der Waals surface area (Å²) < 4.78 is 12.2. The normalized spacial score (nSPS) is 10.6. The molecule has 3 rings (SSSR count). The molecule has 0 unspecified atom stereocenters. The fourth-order valence-corrected chi connectivity index (χ4v) is 3.23. The summed E-state index contributed by atoms with van der Waals surface area (Å²) in [5.41, 5.74) is 2.94. The first-order valence-electron chi connectivity index (χ1n) is 9.09. The number of carbonyl (C=O) groups is 2. The molecule has 0 aliphatic carbocycles. The van der Waals surface area contributed by atoms with Gasteiger partial charge in [0.25, 0.3) is 5.91 Å². The smallest absolute Gasteiger partial charge is 0.311 e.